The molecular weight excluding hydrogens is 350 g/mol. The van der Waals surface area contributed by atoms with Gasteiger partial charge in [0.05, 0.1) is 4.92 Å². The van der Waals surface area contributed by atoms with E-state index in [9.17, 15) is 25.1 Å². The summed E-state index contributed by atoms with van der Waals surface area (Å²) in [6.07, 6.45) is 0.232. The lowest BCUT2D eigenvalue weighted by molar-refractivity contribution is -0.384. The number of carbonyl (C=O) groups is 1. The Kier molecular flexibility index (Phi) is 5.07. The van der Waals surface area contributed by atoms with Gasteiger partial charge in [-0.2, -0.15) is 0 Å². The highest BCUT2D eigenvalue weighted by Gasteiger charge is 2.25. The molecule has 0 spiro atoms. The third-order valence-corrected chi connectivity index (χ3v) is 4.11. The van der Waals surface area contributed by atoms with E-state index >= 15 is 0 Å². The summed E-state index contributed by atoms with van der Waals surface area (Å²) in [5.41, 5.74) is 1.12. The van der Waals surface area contributed by atoms with Crippen LogP contribution in [0.25, 0.3) is 0 Å². The van der Waals surface area contributed by atoms with Gasteiger partial charge in [0.15, 0.2) is 11.8 Å². The molecule has 2 aromatic carbocycles. The second-order valence-electron chi connectivity index (χ2n) is 5.92. The molecule has 0 bridgehead atoms. The van der Waals surface area contributed by atoms with E-state index in [4.69, 9.17) is 0 Å². The summed E-state index contributed by atoms with van der Waals surface area (Å²) < 4.78 is 1.13. The smallest absolute Gasteiger partial charge is 0.269 e. The van der Waals surface area contributed by atoms with Gasteiger partial charge in [0, 0.05) is 36.4 Å². The van der Waals surface area contributed by atoms with E-state index in [1.807, 2.05) is 30.3 Å². The molecule has 1 atom stereocenters. The summed E-state index contributed by atoms with van der Waals surface area (Å²) >= 11 is 0. The summed E-state index contributed by atoms with van der Waals surface area (Å²) in [4.78, 5) is 23.1. The topological polar surface area (TPSA) is 118 Å². The Hall–Kier alpha value is -3.81. The van der Waals surface area contributed by atoms with Crippen molar-refractivity contribution in [2.45, 2.75) is 12.5 Å². The second-order valence-corrected chi connectivity index (χ2v) is 5.92. The van der Waals surface area contributed by atoms with Crippen LogP contribution in [0.1, 0.15) is 11.6 Å². The molecule has 0 saturated carbocycles. The summed E-state index contributed by atoms with van der Waals surface area (Å²) in [5.74, 6) is -0.964. The van der Waals surface area contributed by atoms with Crippen LogP contribution in [0.15, 0.2) is 66.7 Å². The Morgan fingerprint density at radius 3 is 2.15 bits per heavy atom. The van der Waals surface area contributed by atoms with Crippen LogP contribution in [0.4, 0.5) is 11.4 Å². The van der Waals surface area contributed by atoms with E-state index < -0.39 is 16.9 Å². The first-order valence-corrected chi connectivity index (χ1v) is 8.14. The molecule has 0 aliphatic heterocycles. The molecule has 138 valence electrons. The molecule has 1 heterocycles. The maximum Gasteiger partial charge on any atom is 0.269 e. The highest BCUT2D eigenvalue weighted by atomic mass is 16.6. The van der Waals surface area contributed by atoms with Crippen molar-refractivity contribution in [1.82, 2.24) is 4.57 Å². The van der Waals surface area contributed by atoms with E-state index in [1.165, 1.54) is 36.4 Å². The molecule has 0 aliphatic rings. The van der Waals surface area contributed by atoms with Crippen molar-refractivity contribution in [3.8, 4) is 11.8 Å². The van der Waals surface area contributed by atoms with Gasteiger partial charge < -0.3 is 15.5 Å². The average Bonchev–Trinajstić information content (AvgIpc) is 2.99. The molecule has 8 nitrogen and oxygen atoms in total. The minimum Gasteiger partial charge on any atom is -0.494 e. The van der Waals surface area contributed by atoms with Gasteiger partial charge in [-0.3, -0.25) is 19.5 Å². The van der Waals surface area contributed by atoms with E-state index in [0.29, 0.717) is 5.69 Å². The van der Waals surface area contributed by atoms with Gasteiger partial charge in [-0.1, -0.05) is 30.3 Å². The monoisotopic (exact) mass is 367 g/mol. The summed E-state index contributed by atoms with van der Waals surface area (Å²) in [5, 5.41) is 33.5. The van der Waals surface area contributed by atoms with Gasteiger partial charge in [0.25, 0.3) is 5.69 Å². The second kappa shape index (κ2) is 7.61. The third-order valence-electron chi connectivity index (χ3n) is 4.11. The Balaban J connectivity index is 1.87. The number of amides is 1. The number of nitrogens with one attached hydrogen (secondary N) is 1. The number of carbonyl (C=O) groups excluding carboxylic acids is 1. The van der Waals surface area contributed by atoms with Gasteiger partial charge >= 0.3 is 0 Å². The lowest BCUT2D eigenvalue weighted by Gasteiger charge is -2.20. The number of hydrogen-bond donors (Lipinski definition) is 3. The number of non-ortho nitro benzene ring substituents is 1. The van der Waals surface area contributed by atoms with E-state index in [2.05, 4.69) is 5.32 Å². The van der Waals surface area contributed by atoms with Crippen molar-refractivity contribution in [3.05, 3.63) is 82.4 Å². The van der Waals surface area contributed by atoms with E-state index in [-0.39, 0.29) is 23.9 Å². The fourth-order valence-electron chi connectivity index (χ4n) is 2.78. The van der Waals surface area contributed by atoms with Crippen LogP contribution < -0.4 is 5.32 Å². The maximum atomic E-state index is 12.9. The number of benzene rings is 2. The summed E-state index contributed by atoms with van der Waals surface area (Å²) in [6, 6.07) is 16.3. The summed E-state index contributed by atoms with van der Waals surface area (Å²) in [7, 11) is 0. The van der Waals surface area contributed by atoms with Gasteiger partial charge in [0.1, 0.15) is 6.04 Å². The fraction of sp³-hybridized carbons (Fsp3) is 0.105. The Morgan fingerprint density at radius 1 is 1.00 bits per heavy atom. The standard InChI is InChI=1S/C19H17N3O5/c23-17-10-11-18(24)21(17)16(12-13-4-2-1-3-5-13)19(25)20-14-6-8-15(9-7-14)22(26)27/h1-11,16,23-24H,12H2,(H,20,25)/t16-/m0/s1. The van der Waals surface area contributed by atoms with Crippen LogP contribution >= 0.6 is 0 Å². The number of aromatic hydroxyl groups is 2. The molecule has 0 aliphatic carbocycles. The van der Waals surface area contributed by atoms with Crippen molar-refractivity contribution in [1.29, 1.82) is 0 Å². The third kappa shape index (κ3) is 4.06. The molecule has 8 heteroatoms. The normalized spacial score (nSPS) is 11.7. The van der Waals surface area contributed by atoms with Crippen molar-refractivity contribution < 1.29 is 19.9 Å². The molecular formula is C19H17N3O5. The first kappa shape index (κ1) is 18.0. The summed E-state index contributed by atoms with van der Waals surface area (Å²) in [6.45, 7) is 0. The molecule has 0 radical (unpaired) electrons. The van der Waals surface area contributed by atoms with Crippen molar-refractivity contribution in [2.24, 2.45) is 0 Å². The Morgan fingerprint density at radius 2 is 1.59 bits per heavy atom. The quantitative estimate of drug-likeness (QED) is 0.457. The number of rotatable bonds is 6. The zero-order valence-corrected chi connectivity index (χ0v) is 14.1. The van der Waals surface area contributed by atoms with Crippen LogP contribution in [0, 0.1) is 10.1 Å². The van der Waals surface area contributed by atoms with Crippen molar-refractivity contribution in [2.75, 3.05) is 5.32 Å². The van der Waals surface area contributed by atoms with E-state index in [1.54, 1.807) is 0 Å². The highest BCUT2D eigenvalue weighted by Crippen LogP contribution is 2.30. The zero-order chi connectivity index (χ0) is 19.4. The van der Waals surface area contributed by atoms with Crippen molar-refractivity contribution >= 4 is 17.3 Å². The number of hydrogen-bond acceptors (Lipinski definition) is 5. The molecule has 1 aromatic heterocycles. The van der Waals surface area contributed by atoms with Crippen molar-refractivity contribution in [3.63, 3.8) is 0 Å². The number of anilines is 1. The predicted octanol–water partition coefficient (Wildman–Crippen LogP) is 3.23. The molecule has 0 unspecified atom stereocenters. The SMILES string of the molecule is O=C(Nc1ccc([N+](=O)[O-])cc1)[C@H](Cc1ccccc1)n1c(O)ccc1O. The Labute approximate surface area is 154 Å². The largest absolute Gasteiger partial charge is 0.494 e. The fourth-order valence-corrected chi connectivity index (χ4v) is 2.78. The molecule has 0 fully saturated rings. The number of nitro benzene ring substituents is 1. The van der Waals surface area contributed by atoms with Gasteiger partial charge in [0.2, 0.25) is 5.91 Å². The van der Waals surface area contributed by atoms with Crippen LogP contribution in [-0.2, 0) is 11.2 Å². The van der Waals surface area contributed by atoms with Gasteiger partial charge in [-0.15, -0.1) is 0 Å². The number of nitrogens with zero attached hydrogens (tertiary/aromatic N) is 2. The minimum absolute atomic E-state index is 0.0884. The Bertz CT molecular complexity index is 932. The molecule has 3 rings (SSSR count). The average molecular weight is 367 g/mol. The molecule has 27 heavy (non-hydrogen) atoms. The van der Waals surface area contributed by atoms with Gasteiger partial charge in [-0.05, 0) is 17.7 Å². The van der Waals surface area contributed by atoms with Crippen LogP contribution in [-0.4, -0.2) is 25.6 Å². The molecule has 3 N–H and O–H groups in total. The number of nitro groups is 1. The lowest BCUT2D eigenvalue weighted by Crippen LogP contribution is -2.27. The maximum absolute atomic E-state index is 12.9. The first-order chi connectivity index (χ1) is 13.0. The predicted molar refractivity (Wildman–Crippen MR) is 98.7 cm³/mol. The lowest BCUT2D eigenvalue weighted by atomic mass is 10.0. The first-order valence-electron chi connectivity index (χ1n) is 8.14. The van der Waals surface area contributed by atoms with Gasteiger partial charge in [-0.25, -0.2) is 0 Å². The minimum atomic E-state index is -0.919. The molecule has 3 aromatic rings. The van der Waals surface area contributed by atoms with E-state index in [0.717, 1.165) is 10.1 Å². The van der Waals surface area contributed by atoms with Crippen LogP contribution in [0.3, 0.4) is 0 Å². The number of aromatic nitrogens is 1. The molecule has 0 saturated heterocycles. The van der Waals surface area contributed by atoms with Crippen LogP contribution in [0.5, 0.6) is 11.8 Å². The highest BCUT2D eigenvalue weighted by molar-refractivity contribution is 5.94. The molecule has 1 amide bonds. The van der Waals surface area contributed by atoms with Crippen LogP contribution in [0.2, 0.25) is 0 Å². The zero-order valence-electron chi connectivity index (χ0n) is 14.1.